The first-order valence-corrected chi connectivity index (χ1v) is 10.1. The van der Waals surface area contributed by atoms with Gasteiger partial charge in [0, 0.05) is 11.8 Å². The van der Waals surface area contributed by atoms with Crippen molar-refractivity contribution in [1.29, 1.82) is 0 Å². The largest absolute Gasteiger partial charge is 0.495 e. The average molecular weight is 430 g/mol. The van der Waals surface area contributed by atoms with Gasteiger partial charge in [0.25, 0.3) is 5.56 Å². The molecule has 0 aliphatic heterocycles. The van der Waals surface area contributed by atoms with Crippen molar-refractivity contribution in [3.05, 3.63) is 75.5 Å². The fourth-order valence-corrected chi connectivity index (χ4v) is 3.61. The van der Waals surface area contributed by atoms with E-state index in [1.807, 2.05) is 31.2 Å². The highest BCUT2D eigenvalue weighted by Gasteiger charge is 2.17. The lowest BCUT2D eigenvalue weighted by atomic mass is 10.2. The van der Waals surface area contributed by atoms with Crippen molar-refractivity contribution in [2.45, 2.75) is 24.1 Å². The number of hydrogen-bond acceptors (Lipinski definition) is 5. The highest BCUT2D eigenvalue weighted by atomic mass is 35.5. The second kappa shape index (κ2) is 9.15. The molecule has 3 aromatic rings. The highest BCUT2D eigenvalue weighted by Crippen LogP contribution is 2.28. The number of carbonyl (C=O) groups excluding carboxylic acids is 1. The van der Waals surface area contributed by atoms with E-state index >= 15 is 0 Å². The van der Waals surface area contributed by atoms with Gasteiger partial charge in [0.1, 0.15) is 10.8 Å². The number of ether oxygens (including phenoxy) is 1. The average Bonchev–Trinajstić information content (AvgIpc) is 2.70. The summed E-state index contributed by atoms with van der Waals surface area (Å²) in [6.07, 6.45) is 0. The molecule has 0 radical (unpaired) electrons. The summed E-state index contributed by atoms with van der Waals surface area (Å²) >= 11 is 7.36. The van der Waals surface area contributed by atoms with E-state index in [1.54, 1.807) is 31.2 Å². The van der Waals surface area contributed by atoms with Crippen molar-refractivity contribution >= 4 is 35.0 Å². The van der Waals surface area contributed by atoms with Crippen molar-refractivity contribution < 1.29 is 9.53 Å². The molecule has 6 nitrogen and oxygen atoms in total. The summed E-state index contributed by atoms with van der Waals surface area (Å²) in [7, 11) is 1.53. The van der Waals surface area contributed by atoms with Crippen molar-refractivity contribution in [2.75, 3.05) is 12.4 Å². The lowest BCUT2D eigenvalue weighted by Gasteiger charge is -2.13. The van der Waals surface area contributed by atoms with Gasteiger partial charge in [0.2, 0.25) is 5.91 Å². The van der Waals surface area contributed by atoms with E-state index < -0.39 is 5.25 Å². The lowest BCUT2D eigenvalue weighted by molar-refractivity contribution is -0.115. The van der Waals surface area contributed by atoms with Crippen LogP contribution in [0.5, 0.6) is 5.75 Å². The van der Waals surface area contributed by atoms with Gasteiger partial charge in [-0.3, -0.25) is 9.59 Å². The Balaban J connectivity index is 1.73. The number of benzene rings is 2. The fourth-order valence-electron chi connectivity index (χ4n) is 2.55. The van der Waals surface area contributed by atoms with Gasteiger partial charge >= 0.3 is 0 Å². The molecule has 0 fully saturated rings. The number of halogens is 1. The van der Waals surface area contributed by atoms with Gasteiger partial charge in [0.05, 0.1) is 23.1 Å². The minimum atomic E-state index is -0.438. The predicted octanol–water partition coefficient (Wildman–Crippen LogP) is 4.32. The number of nitrogens with zero attached hydrogens (tertiary/aromatic N) is 2. The zero-order valence-corrected chi connectivity index (χ0v) is 17.8. The third kappa shape index (κ3) is 5.19. The quantitative estimate of drug-likeness (QED) is 0.590. The van der Waals surface area contributed by atoms with E-state index in [0.29, 0.717) is 27.2 Å². The van der Waals surface area contributed by atoms with Crippen molar-refractivity contribution in [3.8, 4) is 11.4 Å². The molecule has 1 amide bonds. The molecule has 8 heteroatoms. The SMILES string of the molecule is COc1ccc(NC(=O)C(C)Sc2ccc(=O)n(-c3ccc(C)cc3)n2)cc1Cl. The molecule has 3 rings (SSSR count). The van der Waals surface area contributed by atoms with Gasteiger partial charge < -0.3 is 10.1 Å². The van der Waals surface area contributed by atoms with Crippen LogP contribution in [0.25, 0.3) is 5.69 Å². The monoisotopic (exact) mass is 429 g/mol. The Morgan fingerprint density at radius 1 is 1.17 bits per heavy atom. The van der Waals surface area contributed by atoms with Crippen LogP contribution in [-0.2, 0) is 4.79 Å². The van der Waals surface area contributed by atoms with Crippen molar-refractivity contribution in [3.63, 3.8) is 0 Å². The number of thioether (sulfide) groups is 1. The molecule has 0 bridgehead atoms. The number of rotatable bonds is 6. The summed E-state index contributed by atoms with van der Waals surface area (Å²) in [6, 6.07) is 15.6. The van der Waals surface area contributed by atoms with Gasteiger partial charge in [-0.2, -0.15) is 9.78 Å². The number of carbonyl (C=O) groups is 1. The van der Waals surface area contributed by atoms with Gasteiger partial charge in [-0.05, 0) is 50.2 Å². The number of anilines is 1. The van der Waals surface area contributed by atoms with E-state index in [9.17, 15) is 9.59 Å². The molecule has 150 valence electrons. The Hall–Kier alpha value is -2.77. The van der Waals surface area contributed by atoms with Crippen LogP contribution in [0.4, 0.5) is 5.69 Å². The lowest BCUT2D eigenvalue weighted by Crippen LogP contribution is -2.24. The number of hydrogen-bond donors (Lipinski definition) is 1. The first-order valence-electron chi connectivity index (χ1n) is 8.86. The van der Waals surface area contributed by atoms with E-state index in [2.05, 4.69) is 10.4 Å². The van der Waals surface area contributed by atoms with Crippen LogP contribution in [0.1, 0.15) is 12.5 Å². The maximum absolute atomic E-state index is 12.5. The summed E-state index contributed by atoms with van der Waals surface area (Å²) < 4.78 is 6.44. The summed E-state index contributed by atoms with van der Waals surface area (Å²) in [4.78, 5) is 24.7. The Morgan fingerprint density at radius 2 is 1.90 bits per heavy atom. The van der Waals surface area contributed by atoms with Gasteiger partial charge in [-0.25, -0.2) is 0 Å². The fraction of sp³-hybridized carbons (Fsp3) is 0.190. The summed E-state index contributed by atoms with van der Waals surface area (Å²) in [6.45, 7) is 3.75. The molecule has 1 N–H and O–H groups in total. The smallest absolute Gasteiger partial charge is 0.271 e. The van der Waals surface area contributed by atoms with E-state index in [4.69, 9.17) is 16.3 Å². The molecular weight excluding hydrogens is 410 g/mol. The Morgan fingerprint density at radius 3 is 2.55 bits per heavy atom. The summed E-state index contributed by atoms with van der Waals surface area (Å²) in [5.41, 5.74) is 2.11. The molecule has 1 unspecified atom stereocenters. The van der Waals surface area contributed by atoms with Crippen LogP contribution in [0.2, 0.25) is 5.02 Å². The minimum Gasteiger partial charge on any atom is -0.495 e. The van der Waals surface area contributed by atoms with Crippen LogP contribution < -0.4 is 15.6 Å². The maximum Gasteiger partial charge on any atom is 0.271 e. The molecule has 1 aromatic heterocycles. The first kappa shape index (κ1) is 21.0. The van der Waals surface area contributed by atoms with Crippen molar-refractivity contribution in [2.24, 2.45) is 0 Å². The van der Waals surface area contributed by atoms with Crippen LogP contribution in [-0.4, -0.2) is 28.0 Å². The highest BCUT2D eigenvalue weighted by molar-refractivity contribution is 8.00. The molecule has 29 heavy (non-hydrogen) atoms. The Labute approximate surface area is 177 Å². The van der Waals surface area contributed by atoms with Crippen molar-refractivity contribution in [1.82, 2.24) is 9.78 Å². The van der Waals surface area contributed by atoms with E-state index in [-0.39, 0.29) is 11.5 Å². The predicted molar refractivity (Wildman–Crippen MR) is 117 cm³/mol. The van der Waals surface area contributed by atoms with Gasteiger partial charge in [-0.1, -0.05) is 41.1 Å². The number of nitrogens with one attached hydrogen (secondary N) is 1. The first-order chi connectivity index (χ1) is 13.9. The Kier molecular flexibility index (Phi) is 6.61. The molecule has 0 saturated heterocycles. The third-order valence-electron chi connectivity index (χ3n) is 4.14. The second-order valence-electron chi connectivity index (χ2n) is 6.36. The van der Waals surface area contributed by atoms with Gasteiger partial charge in [-0.15, -0.1) is 0 Å². The van der Waals surface area contributed by atoms with Crippen LogP contribution in [0.15, 0.2) is 64.4 Å². The number of aryl methyl sites for hydroxylation is 1. The third-order valence-corrected chi connectivity index (χ3v) is 5.46. The zero-order chi connectivity index (χ0) is 21.0. The normalized spacial score (nSPS) is 11.7. The van der Waals surface area contributed by atoms with E-state index in [1.165, 1.54) is 29.6 Å². The molecular formula is C21H20ClN3O3S. The standard InChI is InChI=1S/C21H20ClN3O3S/c1-13-4-7-16(8-5-13)25-20(26)11-10-19(24-25)29-14(2)21(27)23-15-6-9-18(28-3)17(22)12-15/h4-12,14H,1-3H3,(H,23,27). The zero-order valence-electron chi connectivity index (χ0n) is 16.2. The van der Waals surface area contributed by atoms with E-state index in [0.717, 1.165) is 5.56 Å². The molecule has 1 atom stereocenters. The maximum atomic E-state index is 12.5. The molecule has 0 saturated carbocycles. The molecule has 2 aromatic carbocycles. The molecule has 0 spiro atoms. The molecule has 0 aliphatic rings. The Bertz CT molecular complexity index is 1080. The number of methoxy groups -OCH3 is 1. The van der Waals surface area contributed by atoms with Crippen LogP contribution in [0, 0.1) is 6.92 Å². The topological polar surface area (TPSA) is 73.2 Å². The number of amides is 1. The molecule has 1 heterocycles. The minimum absolute atomic E-state index is 0.203. The second-order valence-corrected chi connectivity index (χ2v) is 8.12. The van der Waals surface area contributed by atoms with Crippen LogP contribution in [0.3, 0.4) is 0 Å². The summed E-state index contributed by atoms with van der Waals surface area (Å²) in [5.74, 6) is 0.334. The van der Waals surface area contributed by atoms with Crippen LogP contribution >= 0.6 is 23.4 Å². The summed E-state index contributed by atoms with van der Waals surface area (Å²) in [5, 5.41) is 7.76. The van der Waals surface area contributed by atoms with Gasteiger partial charge in [0.15, 0.2) is 0 Å². The number of aromatic nitrogens is 2. The molecule has 0 aliphatic carbocycles.